The first-order chi connectivity index (χ1) is 11.2. The zero-order chi connectivity index (χ0) is 16.2. The van der Waals surface area contributed by atoms with Gasteiger partial charge >= 0.3 is 0 Å². The van der Waals surface area contributed by atoms with Gasteiger partial charge in [-0.3, -0.25) is 4.79 Å². The standard InChI is InChI=1S/C19H28N2O2/c1-14-17(13-15-5-3-2-4-6-15)7-10-21(14)19(22)18(20)16-8-11-23-12-9-16/h2-6,14,16-18H,7-13,20H2,1H3. The third kappa shape index (κ3) is 3.75. The zero-order valence-electron chi connectivity index (χ0n) is 14.0. The SMILES string of the molecule is CC1C(Cc2ccccc2)CCN1C(=O)C(N)C1CCOCC1. The van der Waals surface area contributed by atoms with Crippen LogP contribution in [0.5, 0.6) is 0 Å². The second-order valence-corrected chi connectivity index (χ2v) is 6.99. The summed E-state index contributed by atoms with van der Waals surface area (Å²) in [6.45, 7) is 4.49. The summed E-state index contributed by atoms with van der Waals surface area (Å²) in [7, 11) is 0. The van der Waals surface area contributed by atoms with E-state index in [4.69, 9.17) is 10.5 Å². The molecule has 0 spiro atoms. The van der Waals surface area contributed by atoms with E-state index in [2.05, 4.69) is 31.2 Å². The molecule has 1 aromatic carbocycles. The largest absolute Gasteiger partial charge is 0.381 e. The summed E-state index contributed by atoms with van der Waals surface area (Å²) in [6, 6.07) is 10.5. The molecule has 2 heterocycles. The van der Waals surface area contributed by atoms with Crippen LogP contribution in [-0.2, 0) is 16.0 Å². The molecule has 3 unspecified atom stereocenters. The van der Waals surface area contributed by atoms with Crippen molar-refractivity contribution in [2.75, 3.05) is 19.8 Å². The van der Waals surface area contributed by atoms with Crippen LogP contribution >= 0.6 is 0 Å². The van der Waals surface area contributed by atoms with Crippen molar-refractivity contribution in [3.8, 4) is 0 Å². The lowest BCUT2D eigenvalue weighted by Crippen LogP contribution is -2.50. The van der Waals surface area contributed by atoms with Crippen LogP contribution in [0.1, 0.15) is 31.7 Å². The van der Waals surface area contributed by atoms with Crippen molar-refractivity contribution in [3.63, 3.8) is 0 Å². The Morgan fingerprint density at radius 3 is 2.65 bits per heavy atom. The summed E-state index contributed by atoms with van der Waals surface area (Å²) < 4.78 is 5.38. The van der Waals surface area contributed by atoms with Gasteiger partial charge < -0.3 is 15.4 Å². The van der Waals surface area contributed by atoms with Crippen molar-refractivity contribution >= 4 is 5.91 Å². The highest BCUT2D eigenvalue weighted by molar-refractivity contribution is 5.82. The van der Waals surface area contributed by atoms with Gasteiger partial charge in [-0.25, -0.2) is 0 Å². The predicted octanol–water partition coefficient (Wildman–Crippen LogP) is 2.22. The second-order valence-electron chi connectivity index (χ2n) is 6.99. The number of benzene rings is 1. The van der Waals surface area contributed by atoms with Gasteiger partial charge in [-0.15, -0.1) is 0 Å². The maximum atomic E-state index is 12.8. The molecule has 4 nitrogen and oxygen atoms in total. The van der Waals surface area contributed by atoms with Crippen LogP contribution in [0.4, 0.5) is 0 Å². The van der Waals surface area contributed by atoms with Crippen molar-refractivity contribution in [2.24, 2.45) is 17.6 Å². The summed E-state index contributed by atoms with van der Waals surface area (Å²) >= 11 is 0. The van der Waals surface area contributed by atoms with Crippen LogP contribution in [-0.4, -0.2) is 42.6 Å². The monoisotopic (exact) mass is 316 g/mol. The molecule has 0 aliphatic carbocycles. The van der Waals surface area contributed by atoms with Crippen LogP contribution < -0.4 is 5.73 Å². The van der Waals surface area contributed by atoms with Crippen LogP contribution in [0, 0.1) is 11.8 Å². The van der Waals surface area contributed by atoms with E-state index < -0.39 is 0 Å². The van der Waals surface area contributed by atoms with Crippen molar-refractivity contribution in [1.29, 1.82) is 0 Å². The van der Waals surface area contributed by atoms with Gasteiger partial charge in [-0.2, -0.15) is 0 Å². The van der Waals surface area contributed by atoms with Crippen LogP contribution in [0.15, 0.2) is 30.3 Å². The molecule has 1 aromatic rings. The van der Waals surface area contributed by atoms with Gasteiger partial charge in [0.15, 0.2) is 0 Å². The predicted molar refractivity (Wildman–Crippen MR) is 90.9 cm³/mol. The first-order valence-corrected chi connectivity index (χ1v) is 8.84. The highest BCUT2D eigenvalue weighted by Crippen LogP contribution is 2.29. The molecule has 2 aliphatic rings. The molecule has 0 radical (unpaired) electrons. The van der Waals surface area contributed by atoms with Gasteiger partial charge in [-0.1, -0.05) is 30.3 Å². The quantitative estimate of drug-likeness (QED) is 0.926. The number of amides is 1. The van der Waals surface area contributed by atoms with E-state index in [-0.39, 0.29) is 23.9 Å². The fourth-order valence-electron chi connectivity index (χ4n) is 3.97. The summed E-state index contributed by atoms with van der Waals surface area (Å²) in [5.41, 5.74) is 7.64. The van der Waals surface area contributed by atoms with E-state index in [0.29, 0.717) is 5.92 Å². The minimum atomic E-state index is -0.364. The lowest BCUT2D eigenvalue weighted by atomic mass is 9.90. The minimum absolute atomic E-state index is 0.139. The van der Waals surface area contributed by atoms with E-state index >= 15 is 0 Å². The Balaban J connectivity index is 1.59. The van der Waals surface area contributed by atoms with Gasteiger partial charge in [0, 0.05) is 25.8 Å². The summed E-state index contributed by atoms with van der Waals surface area (Å²) in [4.78, 5) is 14.8. The number of rotatable bonds is 4. The van der Waals surface area contributed by atoms with Gasteiger partial charge in [0.25, 0.3) is 0 Å². The Labute approximate surface area is 139 Å². The maximum absolute atomic E-state index is 12.8. The van der Waals surface area contributed by atoms with E-state index in [0.717, 1.165) is 45.4 Å². The first kappa shape index (κ1) is 16.5. The molecule has 3 rings (SSSR count). The van der Waals surface area contributed by atoms with Gasteiger partial charge in [0.2, 0.25) is 5.91 Å². The van der Waals surface area contributed by atoms with Crippen molar-refractivity contribution in [2.45, 2.75) is 44.7 Å². The highest BCUT2D eigenvalue weighted by atomic mass is 16.5. The van der Waals surface area contributed by atoms with Crippen molar-refractivity contribution in [1.82, 2.24) is 4.90 Å². The molecule has 4 heteroatoms. The second kappa shape index (κ2) is 7.45. The number of hydrogen-bond acceptors (Lipinski definition) is 3. The molecule has 126 valence electrons. The average Bonchev–Trinajstić information content (AvgIpc) is 2.96. The molecule has 1 amide bonds. The summed E-state index contributed by atoms with van der Waals surface area (Å²) in [5.74, 6) is 0.944. The fourth-order valence-corrected chi connectivity index (χ4v) is 3.97. The fraction of sp³-hybridized carbons (Fsp3) is 0.632. The molecular formula is C19H28N2O2. The normalized spacial score (nSPS) is 27.1. The number of ether oxygens (including phenoxy) is 1. The Hall–Kier alpha value is -1.39. The summed E-state index contributed by atoms with van der Waals surface area (Å²) in [6.07, 6.45) is 3.92. The Morgan fingerprint density at radius 1 is 1.26 bits per heavy atom. The Morgan fingerprint density at radius 2 is 1.96 bits per heavy atom. The number of carbonyl (C=O) groups excluding carboxylic acids is 1. The van der Waals surface area contributed by atoms with Gasteiger partial charge in [-0.05, 0) is 50.0 Å². The maximum Gasteiger partial charge on any atom is 0.240 e. The van der Waals surface area contributed by atoms with E-state index in [1.54, 1.807) is 0 Å². The molecule has 0 aromatic heterocycles. The topological polar surface area (TPSA) is 55.6 Å². The molecular weight excluding hydrogens is 288 g/mol. The third-order valence-electron chi connectivity index (χ3n) is 5.60. The van der Waals surface area contributed by atoms with E-state index in [9.17, 15) is 4.79 Å². The molecule has 2 aliphatic heterocycles. The number of nitrogens with two attached hydrogens (primary N) is 1. The van der Waals surface area contributed by atoms with E-state index in [1.165, 1.54) is 5.56 Å². The number of carbonyl (C=O) groups is 1. The molecule has 0 bridgehead atoms. The molecule has 23 heavy (non-hydrogen) atoms. The Kier molecular flexibility index (Phi) is 5.34. The van der Waals surface area contributed by atoms with Gasteiger partial charge in [0.1, 0.15) is 0 Å². The number of hydrogen-bond donors (Lipinski definition) is 1. The van der Waals surface area contributed by atoms with Gasteiger partial charge in [0.05, 0.1) is 6.04 Å². The van der Waals surface area contributed by atoms with E-state index in [1.807, 2.05) is 11.0 Å². The number of likely N-dealkylation sites (tertiary alicyclic amines) is 1. The third-order valence-corrected chi connectivity index (χ3v) is 5.60. The molecule has 3 atom stereocenters. The lowest BCUT2D eigenvalue weighted by Gasteiger charge is -2.32. The molecule has 2 saturated heterocycles. The molecule has 2 N–H and O–H groups in total. The average molecular weight is 316 g/mol. The number of nitrogens with zero attached hydrogens (tertiary/aromatic N) is 1. The van der Waals surface area contributed by atoms with Crippen molar-refractivity contribution < 1.29 is 9.53 Å². The van der Waals surface area contributed by atoms with Crippen LogP contribution in [0.3, 0.4) is 0 Å². The Bertz CT molecular complexity index is 513. The minimum Gasteiger partial charge on any atom is -0.381 e. The highest BCUT2D eigenvalue weighted by Gasteiger charge is 2.38. The lowest BCUT2D eigenvalue weighted by molar-refractivity contribution is -0.135. The van der Waals surface area contributed by atoms with Crippen molar-refractivity contribution in [3.05, 3.63) is 35.9 Å². The molecule has 0 saturated carbocycles. The molecule has 2 fully saturated rings. The smallest absolute Gasteiger partial charge is 0.240 e. The first-order valence-electron chi connectivity index (χ1n) is 8.84. The zero-order valence-corrected chi connectivity index (χ0v) is 14.0. The summed E-state index contributed by atoms with van der Waals surface area (Å²) in [5, 5.41) is 0. The van der Waals surface area contributed by atoms with Crippen LogP contribution in [0.25, 0.3) is 0 Å². The van der Waals surface area contributed by atoms with Crippen LogP contribution in [0.2, 0.25) is 0 Å².